The van der Waals surface area contributed by atoms with Crippen molar-refractivity contribution >= 4 is 7.82 Å². The predicted molar refractivity (Wildman–Crippen MR) is 89.6 cm³/mol. The van der Waals surface area contributed by atoms with Crippen molar-refractivity contribution in [3.05, 3.63) is 0 Å². The van der Waals surface area contributed by atoms with E-state index in [0.29, 0.717) is 0 Å². The second-order valence-corrected chi connectivity index (χ2v) is 7.73. The maximum absolute atomic E-state index is 11.0. The van der Waals surface area contributed by atoms with Crippen molar-refractivity contribution in [2.45, 2.75) is 65.7 Å². The fraction of sp³-hybridized carbons (Fsp3) is 1.00. The Balaban J connectivity index is 0.000000425. The molecule has 0 aromatic carbocycles. The van der Waals surface area contributed by atoms with Crippen molar-refractivity contribution in [1.82, 2.24) is 0 Å². The van der Waals surface area contributed by atoms with Gasteiger partial charge < -0.3 is 18.4 Å². The fourth-order valence-corrected chi connectivity index (χ4v) is 3.32. The molecular formula is C16H36NO4P. The zero-order chi connectivity index (χ0) is 16.9. The Morgan fingerprint density at radius 1 is 0.955 bits per heavy atom. The van der Waals surface area contributed by atoms with Crippen molar-refractivity contribution in [2.24, 2.45) is 0 Å². The summed E-state index contributed by atoms with van der Waals surface area (Å²) < 4.78 is 21.5. The highest BCUT2D eigenvalue weighted by atomic mass is 31.2. The molecule has 1 aliphatic heterocycles. The van der Waals surface area contributed by atoms with Gasteiger partial charge in [-0.25, -0.2) is 0 Å². The van der Waals surface area contributed by atoms with Crippen LogP contribution in [-0.2, 0) is 13.6 Å². The van der Waals surface area contributed by atoms with Gasteiger partial charge in [-0.1, -0.05) is 33.6 Å². The van der Waals surface area contributed by atoms with Gasteiger partial charge >= 0.3 is 0 Å². The van der Waals surface area contributed by atoms with E-state index in [1.807, 2.05) is 13.8 Å². The van der Waals surface area contributed by atoms with Gasteiger partial charge in [0.1, 0.15) is 0 Å². The number of unbranched alkanes of at least 4 members (excludes halogenated alkanes) is 2. The van der Waals surface area contributed by atoms with Gasteiger partial charge in [-0.3, -0.25) is 4.57 Å². The minimum absolute atomic E-state index is 0.226. The third-order valence-corrected chi connectivity index (χ3v) is 4.90. The van der Waals surface area contributed by atoms with Crippen molar-refractivity contribution in [3.63, 3.8) is 0 Å². The summed E-state index contributed by atoms with van der Waals surface area (Å²) in [6.45, 7) is 10.9. The van der Waals surface area contributed by atoms with Crippen LogP contribution in [0, 0.1) is 0 Å². The van der Waals surface area contributed by atoms with E-state index in [9.17, 15) is 9.46 Å². The Hall–Kier alpha value is 0.0700. The number of phosphoric ester groups is 1. The molecule has 0 amide bonds. The molecule has 0 aromatic heterocycles. The maximum Gasteiger partial charge on any atom is 0.267 e. The van der Waals surface area contributed by atoms with E-state index in [-0.39, 0.29) is 13.2 Å². The molecular weight excluding hydrogens is 301 g/mol. The molecule has 0 radical (unpaired) electrons. The van der Waals surface area contributed by atoms with Gasteiger partial charge in [-0.2, -0.15) is 0 Å². The molecule has 0 aromatic rings. The number of quaternary nitrogens is 1. The standard InChI is InChI=1S/C8H18N.C8H19O4P/c1-3-6-9(2)7-4-5-8-9;1-3-5-7-11-13(9,10)12-8-6-4-2/h3-8H2,1-2H3;3-8H2,1-2H3,(H,9,10)/q+1;/p-1. The Morgan fingerprint density at radius 3 is 1.77 bits per heavy atom. The molecule has 1 saturated heterocycles. The summed E-state index contributed by atoms with van der Waals surface area (Å²) in [6.07, 6.45) is 7.56. The first-order valence-electron chi connectivity index (χ1n) is 8.82. The summed E-state index contributed by atoms with van der Waals surface area (Å²) in [5.41, 5.74) is 0. The van der Waals surface area contributed by atoms with Gasteiger partial charge in [-0.15, -0.1) is 0 Å². The summed E-state index contributed by atoms with van der Waals surface area (Å²) in [6, 6.07) is 0. The lowest BCUT2D eigenvalue weighted by Gasteiger charge is -2.28. The normalized spacial score (nSPS) is 17.1. The average Bonchev–Trinajstić information content (AvgIpc) is 2.87. The van der Waals surface area contributed by atoms with Crippen LogP contribution in [0.2, 0.25) is 0 Å². The van der Waals surface area contributed by atoms with E-state index >= 15 is 0 Å². The minimum Gasteiger partial charge on any atom is -0.756 e. The molecule has 0 atom stereocenters. The molecule has 0 unspecified atom stereocenters. The Kier molecular flexibility index (Phi) is 12.5. The Morgan fingerprint density at radius 2 is 1.41 bits per heavy atom. The fourth-order valence-electron chi connectivity index (χ4n) is 2.54. The van der Waals surface area contributed by atoms with Crippen LogP contribution >= 0.6 is 7.82 Å². The first kappa shape index (κ1) is 22.1. The molecule has 134 valence electrons. The molecule has 0 spiro atoms. The number of hydrogen-bond acceptors (Lipinski definition) is 4. The van der Waals surface area contributed by atoms with E-state index in [2.05, 4.69) is 23.0 Å². The first-order chi connectivity index (χ1) is 10.4. The molecule has 6 heteroatoms. The summed E-state index contributed by atoms with van der Waals surface area (Å²) in [5.74, 6) is 0. The average molecular weight is 337 g/mol. The largest absolute Gasteiger partial charge is 0.756 e. The SMILES string of the molecule is CCCCOP(=O)([O-])OCCCC.CCC[N+]1(C)CCCC1. The molecule has 22 heavy (non-hydrogen) atoms. The number of phosphoric acid groups is 1. The van der Waals surface area contributed by atoms with Crippen molar-refractivity contribution in [2.75, 3.05) is 39.9 Å². The molecule has 0 saturated carbocycles. The molecule has 1 aliphatic rings. The zero-order valence-corrected chi connectivity index (χ0v) is 15.9. The summed E-state index contributed by atoms with van der Waals surface area (Å²) in [4.78, 5) is 11.0. The molecule has 1 heterocycles. The highest BCUT2D eigenvalue weighted by molar-refractivity contribution is 7.45. The lowest BCUT2D eigenvalue weighted by atomic mass is 10.4. The first-order valence-corrected chi connectivity index (χ1v) is 10.3. The van der Waals surface area contributed by atoms with Gasteiger partial charge in [-0.05, 0) is 19.3 Å². The number of rotatable bonds is 10. The third kappa shape index (κ3) is 11.6. The molecule has 0 N–H and O–H groups in total. The van der Waals surface area contributed by atoms with Crippen LogP contribution in [0.3, 0.4) is 0 Å². The maximum atomic E-state index is 11.0. The lowest BCUT2D eigenvalue weighted by Crippen LogP contribution is -2.41. The summed E-state index contributed by atoms with van der Waals surface area (Å²) in [5, 5.41) is 0. The highest BCUT2D eigenvalue weighted by Gasteiger charge is 2.24. The van der Waals surface area contributed by atoms with Crippen molar-refractivity contribution in [3.8, 4) is 0 Å². The molecule has 5 nitrogen and oxygen atoms in total. The predicted octanol–water partition coefficient (Wildman–Crippen LogP) is 3.73. The topological polar surface area (TPSA) is 58.6 Å². The minimum atomic E-state index is -4.00. The lowest BCUT2D eigenvalue weighted by molar-refractivity contribution is -0.897. The summed E-state index contributed by atoms with van der Waals surface area (Å²) in [7, 11) is -1.62. The van der Waals surface area contributed by atoms with E-state index in [0.717, 1.165) is 25.7 Å². The van der Waals surface area contributed by atoms with E-state index < -0.39 is 7.82 Å². The quantitative estimate of drug-likeness (QED) is 0.346. The third-order valence-electron chi connectivity index (χ3n) is 3.90. The Labute approximate surface area is 137 Å². The molecule has 0 bridgehead atoms. The van der Waals surface area contributed by atoms with Crippen LogP contribution < -0.4 is 4.89 Å². The van der Waals surface area contributed by atoms with E-state index in [1.54, 1.807) is 0 Å². The van der Waals surface area contributed by atoms with Gasteiger partial charge in [0.2, 0.25) is 0 Å². The molecule has 1 rings (SSSR count). The van der Waals surface area contributed by atoms with Gasteiger partial charge in [0.15, 0.2) is 0 Å². The molecule has 1 fully saturated rings. The number of hydrogen-bond donors (Lipinski definition) is 0. The zero-order valence-electron chi connectivity index (χ0n) is 15.0. The smallest absolute Gasteiger partial charge is 0.267 e. The summed E-state index contributed by atoms with van der Waals surface area (Å²) >= 11 is 0. The van der Waals surface area contributed by atoms with Crippen LogP contribution in [0.4, 0.5) is 0 Å². The van der Waals surface area contributed by atoms with E-state index in [1.165, 1.54) is 43.4 Å². The van der Waals surface area contributed by atoms with Crippen LogP contribution in [-0.4, -0.2) is 44.4 Å². The number of likely N-dealkylation sites (tertiary alicyclic amines) is 1. The van der Waals surface area contributed by atoms with Crippen molar-refractivity contribution in [1.29, 1.82) is 0 Å². The molecule has 0 aliphatic carbocycles. The van der Waals surface area contributed by atoms with E-state index in [4.69, 9.17) is 0 Å². The van der Waals surface area contributed by atoms with Gasteiger partial charge in [0.25, 0.3) is 7.82 Å². The second kappa shape index (κ2) is 12.5. The number of nitrogens with zero attached hydrogens (tertiary/aromatic N) is 1. The van der Waals surface area contributed by atoms with Crippen LogP contribution in [0.1, 0.15) is 65.7 Å². The monoisotopic (exact) mass is 337 g/mol. The van der Waals surface area contributed by atoms with Crippen LogP contribution in [0.15, 0.2) is 0 Å². The van der Waals surface area contributed by atoms with Crippen LogP contribution in [0.25, 0.3) is 0 Å². The second-order valence-electron chi connectivity index (χ2n) is 6.32. The van der Waals surface area contributed by atoms with Crippen molar-refractivity contribution < 1.29 is 23.0 Å². The van der Waals surface area contributed by atoms with Gasteiger partial charge in [0.05, 0.1) is 39.9 Å². The highest BCUT2D eigenvalue weighted by Crippen LogP contribution is 2.38. The van der Waals surface area contributed by atoms with Crippen LogP contribution in [0.5, 0.6) is 0 Å². The van der Waals surface area contributed by atoms with Gasteiger partial charge in [0, 0.05) is 12.8 Å². The Bertz CT molecular complexity index is 293.